The lowest BCUT2D eigenvalue weighted by molar-refractivity contribution is -0.146. The normalized spacial score (nSPS) is 11.8. The Kier molecular flexibility index (Phi) is 2.69. The highest BCUT2D eigenvalue weighted by Crippen LogP contribution is 2.32. The van der Waals surface area contributed by atoms with Gasteiger partial charge >= 0.3 is 6.18 Å². The summed E-state index contributed by atoms with van der Waals surface area (Å²) < 4.78 is 64.3. The van der Waals surface area contributed by atoms with Crippen LogP contribution in [0.25, 0.3) is 11.0 Å². The van der Waals surface area contributed by atoms with E-state index in [0.29, 0.717) is 16.7 Å². The van der Waals surface area contributed by atoms with Crippen LogP contribution in [-0.2, 0) is 12.7 Å². The summed E-state index contributed by atoms with van der Waals surface area (Å²) in [5.41, 5.74) is -0.626. The van der Waals surface area contributed by atoms with Crippen LogP contribution >= 0.6 is 0 Å². The number of halogens is 5. The molecule has 3 nitrogen and oxygen atoms in total. The van der Waals surface area contributed by atoms with E-state index < -0.39 is 30.2 Å². The second kappa shape index (κ2) is 3.94. The van der Waals surface area contributed by atoms with Crippen molar-refractivity contribution in [2.45, 2.75) is 12.7 Å². The van der Waals surface area contributed by atoms with Crippen LogP contribution in [0.3, 0.4) is 0 Å². The minimum absolute atomic E-state index is 0.275. The van der Waals surface area contributed by atoms with Gasteiger partial charge in [0, 0.05) is 12.1 Å². The maximum Gasteiger partial charge on any atom is 0.449 e. The SMILES string of the molecule is N#CCn1c(C(F)(F)F)nc2cc(F)c(F)cc21. The van der Waals surface area contributed by atoms with Crippen molar-refractivity contribution in [3.63, 3.8) is 0 Å². The Morgan fingerprint density at radius 2 is 1.83 bits per heavy atom. The molecule has 0 saturated carbocycles. The van der Waals surface area contributed by atoms with Crippen LogP contribution < -0.4 is 0 Å². The fraction of sp³-hybridized carbons (Fsp3) is 0.200. The van der Waals surface area contributed by atoms with Crippen LogP contribution in [0.1, 0.15) is 5.82 Å². The number of fused-ring (bicyclic) bond motifs is 1. The van der Waals surface area contributed by atoms with Crippen molar-refractivity contribution in [3.8, 4) is 6.07 Å². The number of hydrogen-bond donors (Lipinski definition) is 0. The van der Waals surface area contributed by atoms with Crippen molar-refractivity contribution in [2.75, 3.05) is 0 Å². The second-order valence-corrected chi connectivity index (χ2v) is 3.43. The molecule has 1 aromatic carbocycles. The number of alkyl halides is 3. The van der Waals surface area contributed by atoms with Crippen molar-refractivity contribution in [1.82, 2.24) is 9.55 Å². The minimum Gasteiger partial charge on any atom is -0.306 e. The molecule has 0 radical (unpaired) electrons. The summed E-state index contributed by atoms with van der Waals surface area (Å²) in [4.78, 5) is 3.18. The van der Waals surface area contributed by atoms with Crippen LogP contribution in [0.5, 0.6) is 0 Å². The van der Waals surface area contributed by atoms with Crippen LogP contribution in [0, 0.1) is 23.0 Å². The molecule has 0 bridgehead atoms. The molecule has 8 heteroatoms. The highest BCUT2D eigenvalue weighted by Gasteiger charge is 2.37. The van der Waals surface area contributed by atoms with Gasteiger partial charge < -0.3 is 4.57 Å². The summed E-state index contributed by atoms with van der Waals surface area (Å²) in [5, 5.41) is 8.48. The molecule has 0 saturated heterocycles. The quantitative estimate of drug-likeness (QED) is 0.740. The Bertz CT molecular complexity index is 650. The number of imidazole rings is 1. The van der Waals surface area contributed by atoms with Gasteiger partial charge in [0.2, 0.25) is 5.82 Å². The molecule has 0 aliphatic heterocycles. The summed E-state index contributed by atoms with van der Waals surface area (Å²) >= 11 is 0. The van der Waals surface area contributed by atoms with Gasteiger partial charge in [0.05, 0.1) is 17.1 Å². The third-order valence-electron chi connectivity index (χ3n) is 2.27. The predicted molar refractivity (Wildman–Crippen MR) is 50.3 cm³/mol. The van der Waals surface area contributed by atoms with E-state index in [-0.39, 0.29) is 11.0 Å². The van der Waals surface area contributed by atoms with E-state index >= 15 is 0 Å². The lowest BCUT2D eigenvalue weighted by Gasteiger charge is -2.07. The molecule has 2 aromatic rings. The number of rotatable bonds is 1. The molecular weight excluding hydrogens is 257 g/mol. The molecular formula is C10H4F5N3. The van der Waals surface area contributed by atoms with Gasteiger partial charge in [-0.2, -0.15) is 18.4 Å². The molecule has 0 amide bonds. The second-order valence-electron chi connectivity index (χ2n) is 3.43. The zero-order valence-electron chi connectivity index (χ0n) is 8.59. The Morgan fingerprint density at radius 3 is 2.39 bits per heavy atom. The van der Waals surface area contributed by atoms with Crippen LogP contribution in [0.2, 0.25) is 0 Å². The lowest BCUT2D eigenvalue weighted by Crippen LogP contribution is -2.14. The number of nitriles is 1. The van der Waals surface area contributed by atoms with Crippen LogP contribution in [-0.4, -0.2) is 9.55 Å². The van der Waals surface area contributed by atoms with Gasteiger partial charge in [-0.25, -0.2) is 13.8 Å². The smallest absolute Gasteiger partial charge is 0.306 e. The standard InChI is InChI=1S/C10H4F5N3/c11-5-3-7-8(4-6(5)12)18(2-1-16)9(17-7)10(13,14)15/h3-4H,2H2. The monoisotopic (exact) mass is 261 g/mol. The molecule has 0 fully saturated rings. The van der Waals surface area contributed by atoms with Crippen molar-refractivity contribution < 1.29 is 22.0 Å². The number of aromatic nitrogens is 2. The molecule has 1 aromatic heterocycles. The molecule has 2 rings (SSSR count). The molecule has 0 N–H and O–H groups in total. The van der Waals surface area contributed by atoms with E-state index in [1.54, 1.807) is 0 Å². The van der Waals surface area contributed by atoms with Crippen molar-refractivity contribution in [1.29, 1.82) is 5.26 Å². The molecule has 0 unspecified atom stereocenters. The van der Waals surface area contributed by atoms with Gasteiger partial charge in [-0.1, -0.05) is 0 Å². The number of nitrogens with zero attached hydrogens (tertiary/aromatic N) is 3. The highest BCUT2D eigenvalue weighted by molar-refractivity contribution is 5.76. The predicted octanol–water partition coefficient (Wildman–Crippen LogP) is 2.86. The van der Waals surface area contributed by atoms with E-state index in [1.807, 2.05) is 0 Å². The molecule has 0 atom stereocenters. The maximum atomic E-state index is 13.0. The van der Waals surface area contributed by atoms with E-state index in [4.69, 9.17) is 5.26 Å². The lowest BCUT2D eigenvalue weighted by atomic mass is 10.3. The van der Waals surface area contributed by atoms with Crippen LogP contribution in [0.4, 0.5) is 22.0 Å². The number of benzene rings is 1. The van der Waals surface area contributed by atoms with E-state index in [0.717, 1.165) is 0 Å². The fourth-order valence-electron chi connectivity index (χ4n) is 1.57. The first-order chi connectivity index (χ1) is 8.34. The average molecular weight is 261 g/mol. The van der Waals surface area contributed by atoms with Gasteiger partial charge in [-0.05, 0) is 0 Å². The third-order valence-corrected chi connectivity index (χ3v) is 2.27. The minimum atomic E-state index is -4.80. The number of hydrogen-bond acceptors (Lipinski definition) is 2. The Hall–Kier alpha value is -2.17. The first kappa shape index (κ1) is 12.3. The first-order valence-electron chi connectivity index (χ1n) is 4.64. The van der Waals surface area contributed by atoms with E-state index in [2.05, 4.69) is 4.98 Å². The Labute approximate surface area is 97.1 Å². The Balaban J connectivity index is 2.80. The van der Waals surface area contributed by atoms with Gasteiger partial charge in [-0.15, -0.1) is 0 Å². The first-order valence-corrected chi connectivity index (χ1v) is 4.64. The molecule has 1 heterocycles. The zero-order chi connectivity index (χ0) is 13.5. The third kappa shape index (κ3) is 1.88. The summed E-state index contributed by atoms with van der Waals surface area (Å²) in [6.07, 6.45) is -4.80. The zero-order valence-corrected chi connectivity index (χ0v) is 8.59. The molecule has 0 aliphatic carbocycles. The summed E-state index contributed by atoms with van der Waals surface area (Å²) in [7, 11) is 0. The van der Waals surface area contributed by atoms with Gasteiger partial charge in [0.1, 0.15) is 6.54 Å². The van der Waals surface area contributed by atoms with Gasteiger partial charge in [-0.3, -0.25) is 0 Å². The van der Waals surface area contributed by atoms with Crippen molar-refractivity contribution in [2.24, 2.45) is 0 Å². The molecule has 0 aliphatic rings. The van der Waals surface area contributed by atoms with Crippen molar-refractivity contribution >= 4 is 11.0 Å². The average Bonchev–Trinajstić information content (AvgIpc) is 2.58. The van der Waals surface area contributed by atoms with Gasteiger partial charge in [0.25, 0.3) is 0 Å². The molecule has 18 heavy (non-hydrogen) atoms. The molecule has 0 spiro atoms. The highest BCUT2D eigenvalue weighted by atomic mass is 19.4. The summed E-state index contributed by atoms with van der Waals surface area (Å²) in [6.45, 7) is -0.656. The molecule has 94 valence electrons. The Morgan fingerprint density at radius 1 is 1.22 bits per heavy atom. The summed E-state index contributed by atoms with van der Waals surface area (Å²) in [5.74, 6) is -3.95. The summed E-state index contributed by atoms with van der Waals surface area (Å²) in [6, 6.07) is 2.67. The van der Waals surface area contributed by atoms with E-state index in [9.17, 15) is 22.0 Å². The van der Waals surface area contributed by atoms with Gasteiger partial charge in [0.15, 0.2) is 11.6 Å². The fourth-order valence-corrected chi connectivity index (χ4v) is 1.57. The maximum absolute atomic E-state index is 13.0. The van der Waals surface area contributed by atoms with Crippen molar-refractivity contribution in [3.05, 3.63) is 29.6 Å². The topological polar surface area (TPSA) is 41.6 Å². The largest absolute Gasteiger partial charge is 0.449 e. The van der Waals surface area contributed by atoms with Crippen LogP contribution in [0.15, 0.2) is 12.1 Å². The van der Waals surface area contributed by atoms with E-state index in [1.165, 1.54) is 6.07 Å².